The second-order valence-electron chi connectivity index (χ2n) is 7.66. The zero-order valence-electron chi connectivity index (χ0n) is 13.5. The van der Waals surface area contributed by atoms with Crippen molar-refractivity contribution in [2.45, 2.75) is 82.4 Å². The van der Waals surface area contributed by atoms with E-state index in [1.807, 2.05) is 13.8 Å². The standard InChI is InChI=1S/C14H27ClO4Si/c1-13(2,3)20(6,7)16-8-9-10-11(12(15)17-9)19-14(4,5)18-10/h9-12H,8H2,1-7H3/t9-,10?,11+,12-/m1/s1. The highest BCUT2D eigenvalue weighted by molar-refractivity contribution is 6.74. The number of fused-ring (bicyclic) bond motifs is 1. The summed E-state index contributed by atoms with van der Waals surface area (Å²) in [6.07, 6.45) is -0.504. The van der Waals surface area contributed by atoms with Crippen LogP contribution in [0, 0.1) is 0 Å². The molecule has 2 aliphatic heterocycles. The number of alkyl halides is 1. The largest absolute Gasteiger partial charge is 0.414 e. The average Bonchev–Trinajstić information content (AvgIpc) is 2.70. The molecule has 118 valence electrons. The fourth-order valence-corrected chi connectivity index (χ4v) is 3.61. The number of ether oxygens (including phenoxy) is 3. The Bertz CT molecular complexity index is 367. The van der Waals surface area contributed by atoms with E-state index in [9.17, 15) is 0 Å². The van der Waals surface area contributed by atoms with Crippen LogP contribution >= 0.6 is 11.6 Å². The van der Waals surface area contributed by atoms with Crippen LogP contribution in [-0.2, 0) is 18.6 Å². The summed E-state index contributed by atoms with van der Waals surface area (Å²) in [6.45, 7) is 15.4. The molecule has 0 N–H and O–H groups in total. The molecule has 0 aromatic carbocycles. The lowest BCUT2D eigenvalue weighted by molar-refractivity contribution is -0.181. The van der Waals surface area contributed by atoms with Gasteiger partial charge in [0.15, 0.2) is 19.7 Å². The molecule has 2 rings (SSSR count). The highest BCUT2D eigenvalue weighted by Gasteiger charge is 2.55. The van der Waals surface area contributed by atoms with Gasteiger partial charge < -0.3 is 18.6 Å². The normalized spacial score (nSPS) is 37.2. The number of rotatable bonds is 3. The third kappa shape index (κ3) is 3.23. The van der Waals surface area contributed by atoms with Gasteiger partial charge in [-0.05, 0) is 32.0 Å². The molecule has 0 aromatic heterocycles. The van der Waals surface area contributed by atoms with Crippen LogP contribution in [0.3, 0.4) is 0 Å². The Hall–Kier alpha value is 0.347. The first-order valence-corrected chi connectivity index (χ1v) is 10.6. The summed E-state index contributed by atoms with van der Waals surface area (Å²) in [5.74, 6) is -0.596. The number of halogens is 1. The summed E-state index contributed by atoms with van der Waals surface area (Å²) in [5, 5.41) is 0.178. The minimum atomic E-state index is -1.79. The van der Waals surface area contributed by atoms with E-state index in [0.29, 0.717) is 6.61 Å². The molecule has 0 radical (unpaired) electrons. The molecule has 2 aliphatic rings. The molecule has 4 nitrogen and oxygen atoms in total. The first kappa shape index (κ1) is 16.7. The monoisotopic (exact) mass is 322 g/mol. The molecule has 0 aliphatic carbocycles. The van der Waals surface area contributed by atoms with Gasteiger partial charge in [0.2, 0.25) is 0 Å². The van der Waals surface area contributed by atoms with Crippen molar-refractivity contribution in [2.75, 3.05) is 6.61 Å². The zero-order valence-corrected chi connectivity index (χ0v) is 15.3. The van der Waals surface area contributed by atoms with Crippen molar-refractivity contribution < 1.29 is 18.6 Å². The van der Waals surface area contributed by atoms with Gasteiger partial charge in [-0.25, -0.2) is 0 Å². The van der Waals surface area contributed by atoms with E-state index in [2.05, 4.69) is 33.9 Å². The molecule has 6 heteroatoms. The van der Waals surface area contributed by atoms with Crippen LogP contribution in [0.1, 0.15) is 34.6 Å². The third-order valence-electron chi connectivity index (χ3n) is 4.51. The second-order valence-corrected chi connectivity index (χ2v) is 12.9. The first-order chi connectivity index (χ1) is 8.93. The molecule has 1 unspecified atom stereocenters. The van der Waals surface area contributed by atoms with Gasteiger partial charge in [0.1, 0.15) is 18.3 Å². The summed E-state index contributed by atoms with van der Waals surface area (Å²) in [5.41, 5.74) is -0.463. The van der Waals surface area contributed by atoms with E-state index in [4.69, 9.17) is 30.2 Å². The third-order valence-corrected chi connectivity index (χ3v) is 9.36. The van der Waals surface area contributed by atoms with Crippen molar-refractivity contribution in [1.82, 2.24) is 0 Å². The molecule has 0 saturated carbocycles. The topological polar surface area (TPSA) is 36.9 Å². The molecule has 0 spiro atoms. The number of hydrogen-bond donors (Lipinski definition) is 0. The molecular weight excluding hydrogens is 296 g/mol. The lowest BCUT2D eigenvalue weighted by Crippen LogP contribution is -2.44. The SMILES string of the molecule is CC1(C)OC2[C@@H](CO[Si](C)(C)C(C)(C)C)O[C@@H](Cl)[C@H]2O1. The Balaban J connectivity index is 1.98. The smallest absolute Gasteiger partial charge is 0.192 e. The summed E-state index contributed by atoms with van der Waals surface area (Å²) < 4.78 is 23.7. The molecule has 0 bridgehead atoms. The average molecular weight is 323 g/mol. The molecule has 20 heavy (non-hydrogen) atoms. The van der Waals surface area contributed by atoms with Gasteiger partial charge in [-0.15, -0.1) is 0 Å². The van der Waals surface area contributed by atoms with Crippen molar-refractivity contribution in [3.63, 3.8) is 0 Å². The Morgan fingerprint density at radius 1 is 1.15 bits per heavy atom. The molecular formula is C14H27ClO4Si. The Morgan fingerprint density at radius 2 is 1.70 bits per heavy atom. The molecule has 2 fully saturated rings. The highest BCUT2D eigenvalue weighted by Crippen LogP contribution is 2.41. The molecule has 2 saturated heterocycles. The maximum Gasteiger partial charge on any atom is 0.192 e. The second kappa shape index (κ2) is 5.21. The Morgan fingerprint density at radius 3 is 2.25 bits per heavy atom. The number of hydrogen-bond acceptors (Lipinski definition) is 4. The summed E-state index contributed by atoms with van der Waals surface area (Å²) in [7, 11) is -1.79. The van der Waals surface area contributed by atoms with Crippen molar-refractivity contribution in [3.05, 3.63) is 0 Å². The van der Waals surface area contributed by atoms with Crippen molar-refractivity contribution in [1.29, 1.82) is 0 Å². The minimum Gasteiger partial charge on any atom is -0.414 e. The molecule has 0 amide bonds. The van der Waals surface area contributed by atoms with Gasteiger partial charge in [0.25, 0.3) is 0 Å². The molecule has 0 aromatic rings. The quantitative estimate of drug-likeness (QED) is 0.588. The highest BCUT2D eigenvalue weighted by atomic mass is 35.5. The molecule has 2 heterocycles. The fourth-order valence-electron chi connectivity index (χ4n) is 2.27. The van der Waals surface area contributed by atoms with E-state index in [0.717, 1.165) is 0 Å². The van der Waals surface area contributed by atoms with Crippen LogP contribution in [0.25, 0.3) is 0 Å². The van der Waals surface area contributed by atoms with Crippen LogP contribution in [0.2, 0.25) is 18.1 Å². The predicted octanol–water partition coefficient (Wildman–Crippen LogP) is 3.49. The van der Waals surface area contributed by atoms with E-state index < -0.39 is 19.7 Å². The Kier molecular flexibility index (Phi) is 4.36. The van der Waals surface area contributed by atoms with Crippen LogP contribution in [0.15, 0.2) is 0 Å². The Labute approximate surface area is 128 Å². The predicted molar refractivity (Wildman–Crippen MR) is 81.5 cm³/mol. The lowest BCUT2D eigenvalue weighted by atomic mass is 10.2. The van der Waals surface area contributed by atoms with E-state index in [1.165, 1.54) is 0 Å². The van der Waals surface area contributed by atoms with Crippen molar-refractivity contribution in [2.24, 2.45) is 0 Å². The van der Waals surface area contributed by atoms with Gasteiger partial charge in [0, 0.05) is 0 Å². The minimum absolute atomic E-state index is 0.141. The first-order valence-electron chi connectivity index (χ1n) is 7.22. The van der Waals surface area contributed by atoms with Crippen LogP contribution in [-0.4, -0.2) is 44.6 Å². The van der Waals surface area contributed by atoms with Gasteiger partial charge in [-0.1, -0.05) is 32.4 Å². The maximum atomic E-state index is 6.22. The van der Waals surface area contributed by atoms with Crippen LogP contribution in [0.4, 0.5) is 0 Å². The summed E-state index contributed by atoms with van der Waals surface area (Å²) in [6, 6.07) is 0. The van der Waals surface area contributed by atoms with E-state index >= 15 is 0 Å². The van der Waals surface area contributed by atoms with Gasteiger partial charge in [-0.3, -0.25) is 0 Å². The van der Waals surface area contributed by atoms with Gasteiger partial charge in [-0.2, -0.15) is 0 Å². The van der Waals surface area contributed by atoms with Crippen molar-refractivity contribution in [3.8, 4) is 0 Å². The zero-order chi connectivity index (χ0) is 15.3. The van der Waals surface area contributed by atoms with Gasteiger partial charge in [0.05, 0.1) is 6.61 Å². The van der Waals surface area contributed by atoms with Gasteiger partial charge >= 0.3 is 0 Å². The van der Waals surface area contributed by atoms with Crippen LogP contribution < -0.4 is 0 Å². The summed E-state index contributed by atoms with van der Waals surface area (Å²) in [4.78, 5) is 0. The van der Waals surface area contributed by atoms with Crippen molar-refractivity contribution >= 4 is 19.9 Å². The van der Waals surface area contributed by atoms with Crippen LogP contribution in [0.5, 0.6) is 0 Å². The van der Waals surface area contributed by atoms with E-state index in [1.54, 1.807) is 0 Å². The molecule has 4 atom stereocenters. The van der Waals surface area contributed by atoms with E-state index in [-0.39, 0.29) is 23.4 Å². The summed E-state index contributed by atoms with van der Waals surface area (Å²) >= 11 is 6.20. The fraction of sp³-hybridized carbons (Fsp3) is 1.00. The maximum absolute atomic E-state index is 6.22. The lowest BCUT2D eigenvalue weighted by Gasteiger charge is -2.37.